The molecule has 21 heavy (non-hydrogen) atoms. The Hall–Kier alpha value is -1.58. The summed E-state index contributed by atoms with van der Waals surface area (Å²) in [5.74, 6) is 2.59. The Morgan fingerprint density at radius 3 is 2.81 bits per heavy atom. The van der Waals surface area contributed by atoms with Crippen LogP contribution in [0, 0.1) is 11.8 Å². The van der Waals surface area contributed by atoms with Gasteiger partial charge in [0.25, 0.3) is 5.91 Å². The molecule has 1 aromatic rings. The smallest absolute Gasteiger partial charge is 0.254 e. The number of carbonyl (C=O) groups excluding carboxylic acids is 1. The minimum Gasteiger partial charge on any atom is -0.370 e. The van der Waals surface area contributed by atoms with Gasteiger partial charge in [-0.3, -0.25) is 4.79 Å². The number of anilines is 1. The number of nitrogens with one attached hydrogen (secondary N) is 1. The molecule has 0 spiro atoms. The molecule has 4 nitrogen and oxygen atoms in total. The quantitative estimate of drug-likeness (QED) is 0.903. The van der Waals surface area contributed by atoms with Crippen LogP contribution in [0.5, 0.6) is 0 Å². The van der Waals surface area contributed by atoms with Gasteiger partial charge in [-0.1, -0.05) is 26.2 Å². The molecule has 1 saturated carbocycles. The van der Waals surface area contributed by atoms with E-state index >= 15 is 0 Å². The van der Waals surface area contributed by atoms with Gasteiger partial charge in [-0.2, -0.15) is 0 Å². The van der Waals surface area contributed by atoms with Gasteiger partial charge >= 0.3 is 0 Å². The van der Waals surface area contributed by atoms with Crippen molar-refractivity contribution in [1.29, 1.82) is 0 Å². The van der Waals surface area contributed by atoms with Crippen molar-refractivity contribution in [2.75, 3.05) is 26.0 Å². The SMILES string of the molecule is CC1CCCC(CCNc2ccc(C(=O)N(C)C)cn2)C1. The van der Waals surface area contributed by atoms with Crippen LogP contribution in [0.2, 0.25) is 0 Å². The first-order chi connectivity index (χ1) is 10.1. The summed E-state index contributed by atoms with van der Waals surface area (Å²) in [4.78, 5) is 17.7. The lowest BCUT2D eigenvalue weighted by Gasteiger charge is -2.26. The summed E-state index contributed by atoms with van der Waals surface area (Å²) in [6.07, 6.45) is 8.37. The van der Waals surface area contributed by atoms with Gasteiger partial charge in [0.2, 0.25) is 0 Å². The zero-order valence-corrected chi connectivity index (χ0v) is 13.4. The molecule has 0 radical (unpaired) electrons. The molecule has 2 unspecified atom stereocenters. The highest BCUT2D eigenvalue weighted by Crippen LogP contribution is 2.30. The van der Waals surface area contributed by atoms with E-state index in [9.17, 15) is 4.79 Å². The van der Waals surface area contributed by atoms with E-state index in [1.54, 1.807) is 25.2 Å². The normalized spacial score (nSPS) is 21.9. The summed E-state index contributed by atoms with van der Waals surface area (Å²) in [5, 5.41) is 3.37. The molecule has 1 aromatic heterocycles. The molecule has 0 saturated heterocycles. The highest BCUT2D eigenvalue weighted by molar-refractivity contribution is 5.93. The summed E-state index contributed by atoms with van der Waals surface area (Å²) in [6.45, 7) is 3.33. The van der Waals surface area contributed by atoms with Gasteiger partial charge in [-0.05, 0) is 36.8 Å². The van der Waals surface area contributed by atoms with Gasteiger partial charge in [0.05, 0.1) is 5.56 Å². The van der Waals surface area contributed by atoms with Crippen LogP contribution in [-0.2, 0) is 0 Å². The van der Waals surface area contributed by atoms with Crippen LogP contribution in [0.4, 0.5) is 5.82 Å². The molecule has 0 aromatic carbocycles. The Kier molecular flexibility index (Phi) is 5.59. The first-order valence-corrected chi connectivity index (χ1v) is 7.98. The van der Waals surface area contributed by atoms with E-state index in [0.29, 0.717) is 5.56 Å². The molecule has 1 N–H and O–H groups in total. The maximum absolute atomic E-state index is 11.8. The van der Waals surface area contributed by atoms with Gasteiger partial charge < -0.3 is 10.2 Å². The number of pyridine rings is 1. The Morgan fingerprint density at radius 1 is 1.38 bits per heavy atom. The van der Waals surface area contributed by atoms with Gasteiger partial charge in [-0.15, -0.1) is 0 Å². The van der Waals surface area contributed by atoms with Gasteiger partial charge in [0.1, 0.15) is 5.82 Å². The third kappa shape index (κ3) is 4.73. The standard InChI is InChI=1S/C17H27N3O/c1-13-5-4-6-14(11-13)9-10-18-16-8-7-15(12-19-16)17(21)20(2)3/h7-8,12-14H,4-6,9-11H2,1-3H3,(H,18,19). The van der Waals surface area contributed by atoms with Crippen molar-refractivity contribution in [3.63, 3.8) is 0 Å². The largest absolute Gasteiger partial charge is 0.370 e. The fourth-order valence-corrected chi connectivity index (χ4v) is 3.11. The Balaban J connectivity index is 1.77. The lowest BCUT2D eigenvalue weighted by Crippen LogP contribution is -2.21. The molecule has 0 aliphatic heterocycles. The molecule has 1 amide bonds. The molecule has 1 aliphatic carbocycles. The van der Waals surface area contributed by atoms with Crippen LogP contribution in [0.15, 0.2) is 18.3 Å². The third-order valence-electron chi connectivity index (χ3n) is 4.32. The number of carbonyl (C=O) groups is 1. The van der Waals surface area contributed by atoms with Crippen LogP contribution in [0.1, 0.15) is 49.4 Å². The first kappa shape index (κ1) is 15.8. The second-order valence-electron chi connectivity index (χ2n) is 6.48. The van der Waals surface area contributed by atoms with Crippen molar-refractivity contribution in [1.82, 2.24) is 9.88 Å². The molecule has 2 rings (SSSR count). The zero-order valence-electron chi connectivity index (χ0n) is 13.4. The summed E-state index contributed by atoms with van der Waals surface area (Å²) < 4.78 is 0. The molecule has 4 heteroatoms. The van der Waals surface area contributed by atoms with Crippen LogP contribution in [-0.4, -0.2) is 36.4 Å². The number of amides is 1. The van der Waals surface area contributed by atoms with E-state index in [4.69, 9.17) is 0 Å². The van der Waals surface area contributed by atoms with E-state index in [2.05, 4.69) is 17.2 Å². The van der Waals surface area contributed by atoms with Gasteiger partial charge in [0, 0.05) is 26.8 Å². The fraction of sp³-hybridized carbons (Fsp3) is 0.647. The first-order valence-electron chi connectivity index (χ1n) is 7.98. The molecular weight excluding hydrogens is 262 g/mol. The molecule has 1 aliphatic rings. The minimum absolute atomic E-state index is 0.00903. The Labute approximate surface area is 127 Å². The van der Waals surface area contributed by atoms with Gasteiger partial charge in [0.15, 0.2) is 0 Å². The van der Waals surface area contributed by atoms with Gasteiger partial charge in [-0.25, -0.2) is 4.98 Å². The van der Waals surface area contributed by atoms with E-state index in [1.165, 1.54) is 32.1 Å². The Bertz CT molecular complexity index is 456. The zero-order chi connectivity index (χ0) is 15.2. The predicted octanol–water partition coefficient (Wildman–Crippen LogP) is 3.41. The van der Waals surface area contributed by atoms with Crippen molar-refractivity contribution in [2.24, 2.45) is 11.8 Å². The maximum atomic E-state index is 11.8. The summed E-state index contributed by atoms with van der Waals surface area (Å²) in [6, 6.07) is 3.72. The molecule has 116 valence electrons. The van der Waals surface area contributed by atoms with Crippen LogP contribution < -0.4 is 5.32 Å². The highest BCUT2D eigenvalue weighted by atomic mass is 16.2. The molecule has 2 atom stereocenters. The van der Waals surface area contributed by atoms with Crippen molar-refractivity contribution < 1.29 is 4.79 Å². The fourth-order valence-electron chi connectivity index (χ4n) is 3.11. The molecule has 1 heterocycles. The summed E-state index contributed by atoms with van der Waals surface area (Å²) in [5.41, 5.74) is 0.631. The predicted molar refractivity (Wildman–Crippen MR) is 86.5 cm³/mol. The third-order valence-corrected chi connectivity index (χ3v) is 4.32. The van der Waals surface area contributed by atoms with Crippen molar-refractivity contribution in [2.45, 2.75) is 39.0 Å². The van der Waals surface area contributed by atoms with Crippen molar-refractivity contribution in [3.05, 3.63) is 23.9 Å². The average molecular weight is 289 g/mol. The van der Waals surface area contributed by atoms with E-state index in [-0.39, 0.29) is 5.91 Å². The van der Waals surface area contributed by atoms with Crippen LogP contribution >= 0.6 is 0 Å². The second kappa shape index (κ2) is 7.43. The van der Waals surface area contributed by atoms with Crippen LogP contribution in [0.25, 0.3) is 0 Å². The number of rotatable bonds is 5. The topological polar surface area (TPSA) is 45.2 Å². The lowest BCUT2D eigenvalue weighted by molar-refractivity contribution is 0.0827. The van der Waals surface area contributed by atoms with Crippen LogP contribution in [0.3, 0.4) is 0 Å². The minimum atomic E-state index is -0.00903. The van der Waals surface area contributed by atoms with E-state index in [1.807, 2.05) is 12.1 Å². The molecule has 0 bridgehead atoms. The highest BCUT2D eigenvalue weighted by Gasteiger charge is 2.18. The molecule has 1 fully saturated rings. The number of hydrogen-bond donors (Lipinski definition) is 1. The summed E-state index contributed by atoms with van der Waals surface area (Å²) in [7, 11) is 3.50. The van der Waals surface area contributed by atoms with Crippen molar-refractivity contribution >= 4 is 11.7 Å². The number of nitrogens with zero attached hydrogens (tertiary/aromatic N) is 2. The molecular formula is C17H27N3O. The summed E-state index contributed by atoms with van der Waals surface area (Å²) >= 11 is 0. The lowest BCUT2D eigenvalue weighted by atomic mass is 9.81. The maximum Gasteiger partial charge on any atom is 0.254 e. The Morgan fingerprint density at radius 2 is 2.19 bits per heavy atom. The van der Waals surface area contributed by atoms with E-state index < -0.39 is 0 Å². The number of aromatic nitrogens is 1. The van der Waals surface area contributed by atoms with Crippen molar-refractivity contribution in [3.8, 4) is 0 Å². The number of hydrogen-bond acceptors (Lipinski definition) is 3. The monoisotopic (exact) mass is 289 g/mol. The van der Waals surface area contributed by atoms with E-state index in [0.717, 1.165) is 24.2 Å². The average Bonchev–Trinajstić information content (AvgIpc) is 2.47. The second-order valence-corrected chi connectivity index (χ2v) is 6.48.